The van der Waals surface area contributed by atoms with Gasteiger partial charge in [-0.1, -0.05) is 48.5 Å². The van der Waals surface area contributed by atoms with Gasteiger partial charge in [0.15, 0.2) is 0 Å². The number of carbonyl (C=O) groups is 2. The van der Waals surface area contributed by atoms with Crippen LogP contribution in [0.4, 0.5) is 5.82 Å². The molecule has 2 atom stereocenters. The van der Waals surface area contributed by atoms with Crippen LogP contribution in [0.1, 0.15) is 34.1 Å². The minimum atomic E-state index is -0.368. The Bertz CT molecular complexity index is 1040. The molecule has 3 aromatic rings. The van der Waals surface area contributed by atoms with Crippen LogP contribution in [-0.4, -0.2) is 16.8 Å². The van der Waals surface area contributed by atoms with Crippen molar-refractivity contribution in [1.82, 2.24) is 4.98 Å². The standard InChI is InChI=1S/C23H15BrN2O2/c24-12-9-10-17(25-11-12)26-22(27)20-18-13-5-1-2-6-14(13)19(21(20)23(26)28)16-8-4-3-7-15(16)18/h1-11,18-21H. The lowest BCUT2D eigenvalue weighted by atomic mass is 9.55. The largest absolute Gasteiger partial charge is 0.274 e. The second-order valence-corrected chi connectivity index (χ2v) is 8.53. The second-order valence-electron chi connectivity index (χ2n) is 7.61. The summed E-state index contributed by atoms with van der Waals surface area (Å²) in [6, 6.07) is 20.0. The molecule has 1 saturated heterocycles. The van der Waals surface area contributed by atoms with Gasteiger partial charge in [-0.3, -0.25) is 9.59 Å². The number of aromatic nitrogens is 1. The summed E-state index contributed by atoms with van der Waals surface area (Å²) in [5.74, 6) is -0.771. The Kier molecular flexibility index (Phi) is 3.24. The van der Waals surface area contributed by atoms with Gasteiger partial charge in [-0.25, -0.2) is 9.88 Å². The molecule has 1 fully saturated rings. The molecule has 136 valence electrons. The molecule has 0 saturated carbocycles. The highest BCUT2D eigenvalue weighted by Gasteiger charge is 2.61. The fourth-order valence-electron chi connectivity index (χ4n) is 5.40. The van der Waals surface area contributed by atoms with Crippen LogP contribution < -0.4 is 4.90 Å². The summed E-state index contributed by atoms with van der Waals surface area (Å²) in [5.41, 5.74) is 4.72. The quantitative estimate of drug-likeness (QED) is 0.542. The molecule has 5 heteroatoms. The molecule has 7 rings (SSSR count). The molecule has 28 heavy (non-hydrogen) atoms. The lowest BCUT2D eigenvalue weighted by Gasteiger charge is -2.45. The van der Waals surface area contributed by atoms with Gasteiger partial charge in [-0.15, -0.1) is 0 Å². The minimum absolute atomic E-state index is 0.0840. The SMILES string of the molecule is O=C1C2C3c4ccccc4C(c4ccccc43)C2C(=O)N1c1ccc(Br)cn1. The number of imide groups is 1. The molecule has 2 bridgehead atoms. The molecule has 3 aliphatic carbocycles. The molecule has 1 aromatic heterocycles. The highest BCUT2D eigenvalue weighted by Crippen LogP contribution is 2.61. The van der Waals surface area contributed by atoms with Crippen LogP contribution in [0.3, 0.4) is 0 Å². The van der Waals surface area contributed by atoms with Gasteiger partial charge in [0.2, 0.25) is 11.8 Å². The third kappa shape index (κ3) is 1.92. The van der Waals surface area contributed by atoms with E-state index in [0.29, 0.717) is 5.82 Å². The number of carbonyl (C=O) groups excluding carboxylic acids is 2. The van der Waals surface area contributed by atoms with Gasteiger partial charge in [0.1, 0.15) is 5.82 Å². The number of rotatable bonds is 1. The number of pyridine rings is 1. The Balaban J connectivity index is 1.57. The van der Waals surface area contributed by atoms with Crippen molar-refractivity contribution in [2.45, 2.75) is 11.8 Å². The number of nitrogens with zero attached hydrogens (tertiary/aromatic N) is 2. The third-order valence-corrected chi connectivity index (χ3v) is 6.86. The maximum absolute atomic E-state index is 13.5. The zero-order chi connectivity index (χ0) is 19.0. The highest BCUT2D eigenvalue weighted by atomic mass is 79.9. The summed E-state index contributed by atoms with van der Waals surface area (Å²) in [5, 5.41) is 0. The van der Waals surface area contributed by atoms with Crippen LogP contribution in [0.2, 0.25) is 0 Å². The Morgan fingerprint density at radius 2 is 1.18 bits per heavy atom. The molecular weight excluding hydrogens is 416 g/mol. The molecule has 2 heterocycles. The monoisotopic (exact) mass is 430 g/mol. The van der Waals surface area contributed by atoms with E-state index in [1.807, 2.05) is 30.3 Å². The molecule has 0 spiro atoms. The number of benzene rings is 2. The van der Waals surface area contributed by atoms with E-state index in [-0.39, 0.29) is 35.5 Å². The summed E-state index contributed by atoms with van der Waals surface area (Å²) in [6.45, 7) is 0. The van der Waals surface area contributed by atoms with Gasteiger partial charge in [-0.05, 0) is 50.3 Å². The molecule has 2 aromatic carbocycles. The average Bonchev–Trinajstić information content (AvgIpc) is 3.00. The van der Waals surface area contributed by atoms with Crippen LogP contribution >= 0.6 is 15.9 Å². The number of anilines is 1. The van der Waals surface area contributed by atoms with Gasteiger partial charge in [-0.2, -0.15) is 0 Å². The van der Waals surface area contributed by atoms with Crippen molar-refractivity contribution in [3.05, 3.63) is 93.6 Å². The van der Waals surface area contributed by atoms with Crippen molar-refractivity contribution in [3.63, 3.8) is 0 Å². The number of hydrogen-bond donors (Lipinski definition) is 0. The first-order valence-corrected chi connectivity index (χ1v) is 10.1. The summed E-state index contributed by atoms with van der Waals surface area (Å²) in [7, 11) is 0. The molecule has 1 aliphatic heterocycles. The number of halogens is 1. The van der Waals surface area contributed by atoms with E-state index in [0.717, 1.165) is 4.47 Å². The van der Waals surface area contributed by atoms with Crippen molar-refractivity contribution in [1.29, 1.82) is 0 Å². The minimum Gasteiger partial charge on any atom is -0.274 e. The van der Waals surface area contributed by atoms with Crippen LogP contribution in [-0.2, 0) is 9.59 Å². The molecule has 2 amide bonds. The van der Waals surface area contributed by atoms with Gasteiger partial charge in [0.25, 0.3) is 0 Å². The fraction of sp³-hybridized carbons (Fsp3) is 0.174. The van der Waals surface area contributed by atoms with Gasteiger partial charge in [0.05, 0.1) is 11.8 Å². The van der Waals surface area contributed by atoms with Crippen molar-refractivity contribution < 1.29 is 9.59 Å². The summed E-state index contributed by atoms with van der Waals surface area (Å²) < 4.78 is 0.813. The summed E-state index contributed by atoms with van der Waals surface area (Å²) in [4.78, 5) is 32.6. The predicted molar refractivity (Wildman–Crippen MR) is 108 cm³/mol. The number of amides is 2. The van der Waals surface area contributed by atoms with Crippen LogP contribution in [0.5, 0.6) is 0 Å². The third-order valence-electron chi connectivity index (χ3n) is 6.39. The Labute approximate surface area is 170 Å². The lowest BCUT2D eigenvalue weighted by Crippen LogP contribution is -2.41. The average molecular weight is 431 g/mol. The molecule has 2 unspecified atom stereocenters. The van der Waals surface area contributed by atoms with E-state index in [2.05, 4.69) is 45.2 Å². The zero-order valence-corrected chi connectivity index (χ0v) is 16.3. The van der Waals surface area contributed by atoms with E-state index in [4.69, 9.17) is 0 Å². The van der Waals surface area contributed by atoms with Crippen molar-refractivity contribution in [3.8, 4) is 0 Å². The Morgan fingerprint density at radius 3 is 1.57 bits per heavy atom. The van der Waals surface area contributed by atoms with Crippen molar-refractivity contribution in [2.75, 3.05) is 4.90 Å². The smallest absolute Gasteiger partial charge is 0.239 e. The van der Waals surface area contributed by atoms with Gasteiger partial charge < -0.3 is 0 Å². The summed E-state index contributed by atoms with van der Waals surface area (Å²) >= 11 is 3.36. The first kappa shape index (κ1) is 16.2. The Morgan fingerprint density at radius 1 is 0.714 bits per heavy atom. The van der Waals surface area contributed by atoms with Crippen molar-refractivity contribution in [2.24, 2.45) is 11.8 Å². The maximum atomic E-state index is 13.5. The lowest BCUT2D eigenvalue weighted by molar-refractivity contribution is -0.122. The first-order chi connectivity index (χ1) is 13.7. The normalized spacial score (nSPS) is 26.8. The van der Waals surface area contributed by atoms with Crippen LogP contribution in [0.15, 0.2) is 71.3 Å². The summed E-state index contributed by atoms with van der Waals surface area (Å²) in [6.07, 6.45) is 1.62. The molecule has 0 N–H and O–H groups in total. The predicted octanol–water partition coefficient (Wildman–Crippen LogP) is 4.24. The molecule has 4 nitrogen and oxygen atoms in total. The highest BCUT2D eigenvalue weighted by molar-refractivity contribution is 9.10. The van der Waals surface area contributed by atoms with Gasteiger partial charge >= 0.3 is 0 Å². The van der Waals surface area contributed by atoms with E-state index in [1.165, 1.54) is 27.2 Å². The molecule has 0 radical (unpaired) electrons. The van der Waals surface area contributed by atoms with E-state index < -0.39 is 0 Å². The fourth-order valence-corrected chi connectivity index (χ4v) is 5.64. The topological polar surface area (TPSA) is 50.3 Å². The van der Waals surface area contributed by atoms with Crippen LogP contribution in [0, 0.1) is 11.8 Å². The van der Waals surface area contributed by atoms with Crippen molar-refractivity contribution >= 4 is 33.6 Å². The van der Waals surface area contributed by atoms with E-state index >= 15 is 0 Å². The zero-order valence-electron chi connectivity index (χ0n) is 14.7. The van der Waals surface area contributed by atoms with E-state index in [9.17, 15) is 9.59 Å². The van der Waals surface area contributed by atoms with E-state index in [1.54, 1.807) is 12.3 Å². The molecular formula is C23H15BrN2O2. The Hall–Kier alpha value is -2.79. The number of hydrogen-bond acceptors (Lipinski definition) is 3. The molecule has 4 aliphatic rings. The second kappa shape index (κ2) is 5.61. The van der Waals surface area contributed by atoms with Crippen LogP contribution in [0.25, 0.3) is 0 Å². The first-order valence-electron chi connectivity index (χ1n) is 9.34. The maximum Gasteiger partial charge on any atom is 0.239 e. The van der Waals surface area contributed by atoms with Gasteiger partial charge in [0, 0.05) is 22.5 Å².